The van der Waals surface area contributed by atoms with Gasteiger partial charge in [-0.1, -0.05) is 13.8 Å². The minimum absolute atomic E-state index is 0.00269. The van der Waals surface area contributed by atoms with Crippen LogP contribution in [0.15, 0.2) is 112 Å². The van der Waals surface area contributed by atoms with Crippen molar-refractivity contribution in [3.05, 3.63) is 66.1 Å². The maximum Gasteiger partial charge on any atom is 0.325 e. The number of oxazole rings is 1. The van der Waals surface area contributed by atoms with Gasteiger partial charge in [0.15, 0.2) is 53.5 Å². The van der Waals surface area contributed by atoms with Gasteiger partial charge in [-0.05, 0) is 59.3 Å². The zero-order chi connectivity index (χ0) is 101. The van der Waals surface area contributed by atoms with Gasteiger partial charge in [-0.3, -0.25) is 36.2 Å². The number of aliphatic imine (C=N–C) groups is 17. The summed E-state index contributed by atoms with van der Waals surface area (Å²) in [6, 6.07) is -21.3. The Hall–Kier alpha value is -14.3. The molecule has 32 N–H and O–H groups in total. The zero-order valence-electron chi connectivity index (χ0n) is 73.2. The number of aromatic nitrogens is 4. The average Bonchev–Trinajstić information content (AvgIpc) is 1.25. The summed E-state index contributed by atoms with van der Waals surface area (Å²) in [6.07, 6.45) is -2.26. The third-order valence-corrected chi connectivity index (χ3v) is 21.6. The predicted octanol–water partition coefficient (Wildman–Crippen LogP) is 3.31. The number of hydrogen-bond acceptors (Lipinski definition) is 38. The summed E-state index contributed by atoms with van der Waals surface area (Å²) in [5.41, 5.74) is -1.38. The molecule has 1 unspecified atom stereocenters. The quantitative estimate of drug-likeness (QED) is 0.0223. The fraction of sp³-hybridized carbons (Fsp3) is 0.539. The minimum atomic E-state index is -1.82. The molecule has 0 spiro atoms. The standard InChI is InChI=1S/C76H107N27O30S3/c1-29(2)12-35(62(122)84-19-56(117)118)88-54(115)17-81-53(114)16-83-71(131)57(33(6)109)102-69(129)47-28-135-74(100-47)38(15-52(80)113)94-59(119)30(3)85-63(123)40(21-105)95-60(120)31(4)86-66(126)44-25-133-72(98-44)36(13-50(78)111)93-65(125)41(22-106)96-68(128)46-27-136-75(101-46)42(23-107)97-61(121)32(5)87-67(127)45-26-134-73(99-45)37(14-51(79)112)89-55(116)18-82-70(130)48-8-7-11-103(48)76(132)43(24-108)91-58-34(9-10-49(77)110)92-64(124)39(20-104)90-58/h25-43,48,57,104-109H,7-24H2,1-6H3,(H2,77,110)(H2,78,111)(H2,79,112)(H2,80,113)(H,81,114)(H,82,130)(H,83,131)(H,84,122)(H,85,123)(H,86,126)(H,87,127)(H,88,115)(H,89,116)(H,90,91)(H,92,124)(H,93,125)(H,94,119)(H,95,120)(H,96,128)(H,97,121)(H,102,129)(H,117,118)/t30-,31-,32-,33+,34-,35-,36-,37-,38-,39-,40-,41-,42-,43-,48?,57-/m0/s1. The lowest BCUT2D eigenvalue weighted by Gasteiger charge is -2.31. The molecule has 1 amide bonds. The van der Waals surface area contributed by atoms with Crippen LogP contribution in [0.1, 0.15) is 161 Å². The second kappa shape index (κ2) is 52.9. The minimum Gasteiger partial charge on any atom is -0.497 e. The van der Waals surface area contributed by atoms with Gasteiger partial charge in [-0.2, -0.15) is 0 Å². The van der Waals surface area contributed by atoms with E-state index in [9.17, 15) is 142 Å². The summed E-state index contributed by atoms with van der Waals surface area (Å²) < 4.78 is 5.42. The molecule has 4 aromatic heterocycles. The molecule has 2 aliphatic rings. The van der Waals surface area contributed by atoms with Crippen LogP contribution in [-0.2, 0) is 9.59 Å². The van der Waals surface area contributed by atoms with Crippen LogP contribution >= 0.6 is 34.0 Å². The van der Waals surface area contributed by atoms with Gasteiger partial charge in [0.25, 0.3) is 0 Å². The first-order valence-electron chi connectivity index (χ1n) is 40.8. The fourth-order valence-electron chi connectivity index (χ4n) is 11.9. The molecule has 16 atom stereocenters. The van der Waals surface area contributed by atoms with Gasteiger partial charge in [0, 0.05) is 29.1 Å². The second-order valence-corrected chi connectivity index (χ2v) is 32.7. The number of rotatable bonds is 54. The lowest BCUT2D eigenvalue weighted by atomic mass is 10.0. The van der Waals surface area contributed by atoms with Crippen LogP contribution in [0.4, 0.5) is 0 Å². The molecule has 136 heavy (non-hydrogen) atoms. The van der Waals surface area contributed by atoms with E-state index in [4.69, 9.17) is 31.2 Å². The molecule has 0 saturated carbocycles. The van der Waals surface area contributed by atoms with Crippen LogP contribution in [0, 0.1) is 27.6 Å². The van der Waals surface area contributed by atoms with Gasteiger partial charge < -0.3 is 153 Å². The maximum absolute atomic E-state index is 13.9. The van der Waals surface area contributed by atoms with Gasteiger partial charge in [0.1, 0.15) is 137 Å². The van der Waals surface area contributed by atoms with Gasteiger partial charge in [-0.25, -0.2) is 99.8 Å². The SMILES string of the molecule is CC(C)C[C@H](N=C(O)CN=C(O)CN=C(O)[C@@H](N=C(O)c1csc([C@H](CC(=N)O)N=C(O)[C@H](C)N=C(O)[C@H](CO)N=C(O)[C@H](C)N=C(O)c2coc([C@H](CC(=N)O)N=C(O)[C@H](CO)N=C(O)c3csc([C@H](CO)N=C(O)[C@H](C)N=C(O)c4csc([C@H](CC(=N)O)N=C(O)CN=C(O)C5CCCN5C(=O)[C@H](CO)NC5=N[C@@H](CO)C(O)=N[C@H]5CCC(=N)O)n4)n3)n2)n1)[C@@H](C)O)C(O)=NCC(=O)O. The maximum atomic E-state index is 13.9. The number of aliphatic carboxylic acids is 1. The number of likely N-dealkylation sites (tertiary alicyclic amines) is 1. The van der Waals surface area contributed by atoms with Crippen LogP contribution < -0.4 is 5.32 Å². The molecule has 60 heteroatoms. The van der Waals surface area contributed by atoms with E-state index in [-0.39, 0.29) is 76.1 Å². The van der Waals surface area contributed by atoms with Crippen LogP contribution in [0.5, 0.6) is 0 Å². The first kappa shape index (κ1) is 110. The highest BCUT2D eigenvalue weighted by atomic mass is 32.1. The monoisotopic (exact) mass is 1970 g/mol. The number of carbonyl (C=O) groups excluding carboxylic acids is 1. The highest BCUT2D eigenvalue weighted by Crippen LogP contribution is 2.31. The zero-order valence-corrected chi connectivity index (χ0v) is 75.7. The molecule has 4 aromatic rings. The fourth-order valence-corrected chi connectivity index (χ4v) is 14.4. The number of carboxylic acids is 1. The Kier molecular flexibility index (Phi) is 43.0. The molecule has 744 valence electrons. The molecule has 0 bridgehead atoms. The van der Waals surface area contributed by atoms with E-state index in [1.807, 2.05) is 0 Å². The van der Waals surface area contributed by atoms with Crippen molar-refractivity contribution in [1.29, 1.82) is 21.6 Å². The van der Waals surface area contributed by atoms with Crippen molar-refractivity contribution in [3.63, 3.8) is 0 Å². The number of amides is 1. The molecule has 6 heterocycles. The van der Waals surface area contributed by atoms with Crippen molar-refractivity contribution in [1.82, 2.24) is 30.2 Å². The number of nitrogens with zero attached hydrogens (tertiary/aromatic N) is 22. The van der Waals surface area contributed by atoms with Crippen molar-refractivity contribution in [2.45, 2.75) is 190 Å². The summed E-state index contributed by atoms with van der Waals surface area (Å²) in [5, 5.41) is 320. The third-order valence-electron chi connectivity index (χ3n) is 18.7. The Bertz CT molecular complexity index is 5380. The predicted molar refractivity (Wildman–Crippen MR) is 500 cm³/mol. The molecule has 0 radical (unpaired) electrons. The Morgan fingerprint density at radius 3 is 1.49 bits per heavy atom. The van der Waals surface area contributed by atoms with Gasteiger partial charge in [0.2, 0.25) is 106 Å². The first-order valence-corrected chi connectivity index (χ1v) is 43.4. The van der Waals surface area contributed by atoms with Crippen molar-refractivity contribution in [3.8, 4) is 0 Å². The topological polar surface area (TPSA) is 966 Å². The van der Waals surface area contributed by atoms with Gasteiger partial charge in [0.05, 0.1) is 58.4 Å². The molecule has 0 aromatic carbocycles. The molecular formula is C76H107N27O30S3. The summed E-state index contributed by atoms with van der Waals surface area (Å²) in [4.78, 5) is 109. The van der Waals surface area contributed by atoms with Crippen LogP contribution in [-0.4, -0.2) is 437 Å². The number of aliphatic hydroxyl groups excluding tert-OH is 26. The van der Waals surface area contributed by atoms with Crippen molar-refractivity contribution >= 4 is 170 Å². The number of hydrogen-bond donors (Lipinski definition) is 32. The Morgan fingerprint density at radius 1 is 0.478 bits per heavy atom. The summed E-state index contributed by atoms with van der Waals surface area (Å²) in [6.45, 7) is 1.09. The molecule has 2 aliphatic heterocycles. The lowest BCUT2D eigenvalue weighted by molar-refractivity contribution is -0.135. The third kappa shape index (κ3) is 34.0. The molecule has 0 aliphatic carbocycles. The van der Waals surface area contributed by atoms with Crippen molar-refractivity contribution < 1.29 is 152 Å². The summed E-state index contributed by atoms with van der Waals surface area (Å²) in [5.74, 6) is -19.6. The number of amidine groups is 1. The number of carbonyl (C=O) groups is 2. The van der Waals surface area contributed by atoms with E-state index in [0.717, 1.165) is 47.2 Å². The Morgan fingerprint density at radius 2 is 0.956 bits per heavy atom. The second-order valence-electron chi connectivity index (χ2n) is 30.0. The van der Waals surface area contributed by atoms with E-state index < -0.39 is 317 Å². The van der Waals surface area contributed by atoms with Crippen LogP contribution in [0.25, 0.3) is 0 Å². The highest BCUT2D eigenvalue weighted by molar-refractivity contribution is 7.10. The normalized spacial score (nSPS) is 19.6. The van der Waals surface area contributed by atoms with Crippen LogP contribution in [0.3, 0.4) is 0 Å². The Balaban J connectivity index is 1.08. The molecule has 1 saturated heterocycles. The van der Waals surface area contributed by atoms with Crippen molar-refractivity contribution in [2.75, 3.05) is 65.8 Å². The van der Waals surface area contributed by atoms with Crippen molar-refractivity contribution in [2.24, 2.45) is 90.8 Å². The average molecular weight is 1980 g/mol. The Labute approximate surface area is 782 Å². The lowest BCUT2D eigenvalue weighted by Crippen LogP contribution is -2.56. The molecular weight excluding hydrogens is 1870 g/mol. The van der Waals surface area contributed by atoms with Gasteiger partial charge >= 0.3 is 5.97 Å². The van der Waals surface area contributed by atoms with E-state index in [0.29, 0.717) is 6.42 Å². The summed E-state index contributed by atoms with van der Waals surface area (Å²) >= 11 is 2.37. The number of aliphatic hydroxyl groups is 26. The van der Waals surface area contributed by atoms with E-state index >= 15 is 0 Å². The largest absolute Gasteiger partial charge is 0.497 e. The van der Waals surface area contributed by atoms with E-state index in [1.54, 1.807) is 13.8 Å². The number of carboxylic acid groups (broad SMARTS) is 1. The molecule has 1 fully saturated rings. The molecule has 6 rings (SSSR count). The first-order chi connectivity index (χ1) is 64.2. The van der Waals surface area contributed by atoms with E-state index in [2.05, 4.69) is 110 Å². The highest BCUT2D eigenvalue weighted by Gasteiger charge is 2.39. The number of nitrogens with one attached hydrogen (secondary N) is 5. The van der Waals surface area contributed by atoms with Crippen LogP contribution in [0.2, 0.25) is 0 Å². The molecule has 57 nitrogen and oxygen atoms in total. The number of thiazole rings is 3. The van der Waals surface area contributed by atoms with Gasteiger partial charge in [-0.15, -0.1) is 34.0 Å². The summed E-state index contributed by atoms with van der Waals surface area (Å²) in [7, 11) is 0. The van der Waals surface area contributed by atoms with E-state index in [1.165, 1.54) is 41.8 Å². The smallest absolute Gasteiger partial charge is 0.325 e.